The summed E-state index contributed by atoms with van der Waals surface area (Å²) in [5.74, 6) is 0.468. The number of hydrogen-bond donors (Lipinski definition) is 2. The SMILES string of the molecule is CCn1nc(-c2cc(C)on2)c(C(=O)NC2CCC(NCCC(C)(C)C)CC2)c1Cl. The van der Waals surface area contributed by atoms with Gasteiger partial charge in [0.25, 0.3) is 5.91 Å². The standard InChI is InChI=1S/C22H34ClN5O2/c1-6-28-20(23)18(19(26-28)17-13-14(2)30-27-17)21(29)25-16-9-7-15(8-10-16)24-12-11-22(3,4)5/h13,15-16,24H,6-12H2,1-5H3,(H,25,29). The molecule has 2 aromatic rings. The van der Waals surface area contributed by atoms with Crippen molar-refractivity contribution in [3.05, 3.63) is 22.5 Å². The van der Waals surface area contributed by atoms with Crippen LogP contribution in [0.3, 0.4) is 0 Å². The van der Waals surface area contributed by atoms with Gasteiger partial charge in [-0.25, -0.2) is 0 Å². The van der Waals surface area contributed by atoms with Crippen LogP contribution in [0.4, 0.5) is 0 Å². The van der Waals surface area contributed by atoms with Gasteiger partial charge in [-0.15, -0.1) is 0 Å². The largest absolute Gasteiger partial charge is 0.361 e. The van der Waals surface area contributed by atoms with E-state index in [1.807, 2.05) is 13.8 Å². The number of nitrogens with one attached hydrogen (secondary N) is 2. The molecule has 0 atom stereocenters. The van der Waals surface area contributed by atoms with Crippen LogP contribution in [0.25, 0.3) is 11.4 Å². The maximum absolute atomic E-state index is 13.1. The average molecular weight is 436 g/mol. The fraction of sp³-hybridized carbons (Fsp3) is 0.682. The number of nitrogens with zero attached hydrogens (tertiary/aromatic N) is 3. The first-order chi connectivity index (χ1) is 14.2. The molecular formula is C22H34ClN5O2. The summed E-state index contributed by atoms with van der Waals surface area (Å²) in [7, 11) is 0. The molecule has 2 N–H and O–H groups in total. The summed E-state index contributed by atoms with van der Waals surface area (Å²) in [6, 6.07) is 2.44. The number of rotatable bonds is 7. The normalized spacial score (nSPS) is 19.8. The predicted molar refractivity (Wildman–Crippen MR) is 119 cm³/mol. The second-order valence-electron chi connectivity index (χ2n) is 9.44. The van der Waals surface area contributed by atoms with Gasteiger partial charge in [0, 0.05) is 24.7 Å². The zero-order valence-electron chi connectivity index (χ0n) is 18.7. The van der Waals surface area contributed by atoms with Crippen molar-refractivity contribution in [3.63, 3.8) is 0 Å². The number of carbonyl (C=O) groups excluding carboxylic acids is 1. The molecule has 7 nitrogen and oxygen atoms in total. The number of carbonyl (C=O) groups is 1. The molecule has 0 aromatic carbocycles. The quantitative estimate of drug-likeness (QED) is 0.664. The van der Waals surface area contributed by atoms with E-state index >= 15 is 0 Å². The highest BCUT2D eigenvalue weighted by Gasteiger charge is 2.28. The van der Waals surface area contributed by atoms with Crippen molar-refractivity contribution in [1.82, 2.24) is 25.6 Å². The smallest absolute Gasteiger partial charge is 0.256 e. The van der Waals surface area contributed by atoms with Crippen molar-refractivity contribution in [3.8, 4) is 11.4 Å². The van der Waals surface area contributed by atoms with E-state index in [-0.39, 0.29) is 11.9 Å². The molecule has 0 bridgehead atoms. The number of amides is 1. The summed E-state index contributed by atoms with van der Waals surface area (Å²) < 4.78 is 6.79. The van der Waals surface area contributed by atoms with Crippen LogP contribution in [-0.4, -0.2) is 39.5 Å². The molecule has 166 valence electrons. The first-order valence-corrected chi connectivity index (χ1v) is 11.3. The Balaban J connectivity index is 1.61. The van der Waals surface area contributed by atoms with Crippen molar-refractivity contribution in [2.45, 2.75) is 85.4 Å². The van der Waals surface area contributed by atoms with Crippen LogP contribution in [0.2, 0.25) is 5.15 Å². The maximum atomic E-state index is 13.1. The van der Waals surface area contributed by atoms with E-state index in [4.69, 9.17) is 16.1 Å². The molecule has 1 aliphatic rings. The Hall–Kier alpha value is -1.86. The number of aromatic nitrogens is 3. The van der Waals surface area contributed by atoms with E-state index in [1.54, 1.807) is 10.7 Å². The summed E-state index contributed by atoms with van der Waals surface area (Å²) in [5.41, 5.74) is 1.71. The highest BCUT2D eigenvalue weighted by atomic mass is 35.5. The average Bonchev–Trinajstić information content (AvgIpc) is 3.25. The van der Waals surface area contributed by atoms with E-state index in [2.05, 4.69) is 41.7 Å². The first kappa shape index (κ1) is 22.8. The van der Waals surface area contributed by atoms with Gasteiger partial charge >= 0.3 is 0 Å². The fourth-order valence-corrected chi connectivity index (χ4v) is 4.19. The Morgan fingerprint density at radius 1 is 1.27 bits per heavy atom. The molecule has 1 amide bonds. The second-order valence-corrected chi connectivity index (χ2v) is 9.80. The molecule has 1 fully saturated rings. The molecule has 0 saturated heterocycles. The van der Waals surface area contributed by atoms with Crippen LogP contribution in [0.1, 0.15) is 75.9 Å². The molecule has 0 unspecified atom stereocenters. The third kappa shape index (κ3) is 5.64. The third-order valence-electron chi connectivity index (χ3n) is 5.66. The van der Waals surface area contributed by atoms with Crippen molar-refractivity contribution >= 4 is 17.5 Å². The van der Waals surface area contributed by atoms with Crippen molar-refractivity contribution in [2.75, 3.05) is 6.54 Å². The summed E-state index contributed by atoms with van der Waals surface area (Å²) >= 11 is 6.49. The molecule has 8 heteroatoms. The fourth-order valence-electron chi connectivity index (χ4n) is 3.86. The first-order valence-electron chi connectivity index (χ1n) is 10.9. The Labute approximate surface area is 183 Å². The maximum Gasteiger partial charge on any atom is 0.256 e. The zero-order valence-corrected chi connectivity index (χ0v) is 19.5. The molecule has 2 aromatic heterocycles. The van der Waals surface area contributed by atoms with Crippen LogP contribution in [0.5, 0.6) is 0 Å². The third-order valence-corrected chi connectivity index (χ3v) is 6.04. The van der Waals surface area contributed by atoms with Gasteiger partial charge < -0.3 is 15.2 Å². The topological polar surface area (TPSA) is 85.0 Å². The summed E-state index contributed by atoms with van der Waals surface area (Å²) in [6.45, 7) is 12.2. The Bertz CT molecular complexity index is 859. The minimum atomic E-state index is -0.195. The van der Waals surface area contributed by atoms with Crippen LogP contribution < -0.4 is 10.6 Å². The number of halogens is 1. The second kappa shape index (κ2) is 9.52. The minimum absolute atomic E-state index is 0.145. The minimum Gasteiger partial charge on any atom is -0.361 e. The van der Waals surface area contributed by atoms with Crippen LogP contribution >= 0.6 is 11.6 Å². The molecule has 30 heavy (non-hydrogen) atoms. The molecule has 2 heterocycles. The van der Waals surface area contributed by atoms with Gasteiger partial charge in [-0.05, 0) is 57.9 Å². The number of aryl methyl sites for hydroxylation is 2. The van der Waals surface area contributed by atoms with Gasteiger partial charge in [0.15, 0.2) is 0 Å². The van der Waals surface area contributed by atoms with Gasteiger partial charge in [0.1, 0.15) is 27.9 Å². The Morgan fingerprint density at radius 3 is 2.50 bits per heavy atom. The molecule has 0 aliphatic heterocycles. The number of hydrogen-bond acceptors (Lipinski definition) is 5. The van der Waals surface area contributed by atoms with E-state index in [0.29, 0.717) is 45.9 Å². The molecule has 0 radical (unpaired) electrons. The molecule has 1 saturated carbocycles. The van der Waals surface area contributed by atoms with Crippen LogP contribution in [-0.2, 0) is 6.54 Å². The summed E-state index contributed by atoms with van der Waals surface area (Å²) in [6.07, 6.45) is 5.19. The molecule has 3 rings (SSSR count). The van der Waals surface area contributed by atoms with E-state index in [0.717, 1.165) is 38.6 Å². The molecule has 1 aliphatic carbocycles. The lowest BCUT2D eigenvalue weighted by Gasteiger charge is -2.30. The molecular weight excluding hydrogens is 402 g/mol. The zero-order chi connectivity index (χ0) is 21.9. The van der Waals surface area contributed by atoms with Gasteiger partial charge in [0.05, 0.1) is 0 Å². The lowest BCUT2D eigenvalue weighted by molar-refractivity contribution is 0.0924. The van der Waals surface area contributed by atoms with E-state index < -0.39 is 0 Å². The van der Waals surface area contributed by atoms with Crippen molar-refractivity contribution < 1.29 is 9.32 Å². The van der Waals surface area contributed by atoms with Gasteiger partial charge in [-0.3, -0.25) is 9.48 Å². The Kier molecular flexibility index (Phi) is 7.24. The monoisotopic (exact) mass is 435 g/mol. The highest BCUT2D eigenvalue weighted by Crippen LogP contribution is 2.29. The lowest BCUT2D eigenvalue weighted by Crippen LogP contribution is -2.42. The van der Waals surface area contributed by atoms with Crippen LogP contribution in [0, 0.1) is 12.3 Å². The van der Waals surface area contributed by atoms with Crippen molar-refractivity contribution in [2.24, 2.45) is 5.41 Å². The van der Waals surface area contributed by atoms with Gasteiger partial charge in [-0.2, -0.15) is 5.10 Å². The van der Waals surface area contributed by atoms with Gasteiger partial charge in [0.2, 0.25) is 0 Å². The summed E-state index contributed by atoms with van der Waals surface area (Å²) in [4.78, 5) is 13.1. The van der Waals surface area contributed by atoms with Gasteiger partial charge in [-0.1, -0.05) is 37.5 Å². The van der Waals surface area contributed by atoms with Crippen LogP contribution in [0.15, 0.2) is 10.6 Å². The molecule has 0 spiro atoms. The highest BCUT2D eigenvalue weighted by molar-refractivity contribution is 6.33. The lowest BCUT2D eigenvalue weighted by atomic mass is 9.89. The van der Waals surface area contributed by atoms with Crippen molar-refractivity contribution in [1.29, 1.82) is 0 Å². The predicted octanol–water partition coefficient (Wildman–Crippen LogP) is 4.59. The van der Waals surface area contributed by atoms with E-state index in [1.165, 1.54) is 0 Å². The van der Waals surface area contributed by atoms with E-state index in [9.17, 15) is 4.79 Å². The summed E-state index contributed by atoms with van der Waals surface area (Å²) in [5, 5.41) is 15.7. The Morgan fingerprint density at radius 2 is 1.93 bits per heavy atom.